The number of rotatable bonds is 3. The van der Waals surface area contributed by atoms with Gasteiger partial charge in [0.25, 0.3) is 0 Å². The maximum absolute atomic E-state index is 11.8. The molecule has 0 heterocycles. The summed E-state index contributed by atoms with van der Waals surface area (Å²) in [5, 5.41) is 15.3. The van der Waals surface area contributed by atoms with Gasteiger partial charge in [0.1, 0.15) is 5.75 Å². The van der Waals surface area contributed by atoms with Gasteiger partial charge in [-0.25, -0.2) is 4.79 Å². The number of benzene rings is 1. The molecule has 1 aromatic rings. The Labute approximate surface area is 123 Å². The molecule has 2 rings (SSSR count). The maximum atomic E-state index is 11.8. The Bertz CT molecular complexity index is 523. The van der Waals surface area contributed by atoms with Gasteiger partial charge in [-0.1, -0.05) is 30.0 Å². The van der Waals surface area contributed by atoms with Gasteiger partial charge in [0.2, 0.25) is 0 Å². The van der Waals surface area contributed by atoms with Crippen molar-refractivity contribution in [1.29, 1.82) is 0 Å². The van der Waals surface area contributed by atoms with Crippen LogP contribution < -0.4 is 10.6 Å². The van der Waals surface area contributed by atoms with Crippen molar-refractivity contribution in [1.82, 2.24) is 5.32 Å². The molecule has 0 atom stereocenters. The van der Waals surface area contributed by atoms with Gasteiger partial charge in [-0.3, -0.25) is 0 Å². The Kier molecular flexibility index (Phi) is 4.90. The lowest BCUT2D eigenvalue weighted by molar-refractivity contribution is 0.255. The van der Waals surface area contributed by atoms with E-state index in [4.69, 9.17) is 11.6 Å². The molecule has 1 aliphatic carbocycles. The summed E-state index contributed by atoms with van der Waals surface area (Å²) >= 11 is 5.82. The van der Waals surface area contributed by atoms with Crippen LogP contribution in [0.2, 0.25) is 5.02 Å². The average Bonchev–Trinajstić information content (AvgIpc) is 2.94. The summed E-state index contributed by atoms with van der Waals surface area (Å²) in [5.41, 5.74) is 1.48. The molecule has 1 aliphatic rings. The fraction of sp³-hybridized carbons (Fsp3) is 0.400. The van der Waals surface area contributed by atoms with Gasteiger partial charge in [0.15, 0.2) is 0 Å². The molecule has 1 aromatic carbocycles. The first kappa shape index (κ1) is 14.7. The predicted octanol–water partition coefficient (Wildman–Crippen LogP) is 4.26. The second kappa shape index (κ2) is 6.66. The third kappa shape index (κ3) is 3.90. The van der Waals surface area contributed by atoms with Crippen molar-refractivity contribution in [2.75, 3.05) is 5.32 Å². The van der Waals surface area contributed by atoms with Gasteiger partial charge < -0.3 is 15.7 Å². The highest BCUT2D eigenvalue weighted by Gasteiger charge is 2.16. The molecule has 2 amide bonds. The van der Waals surface area contributed by atoms with Gasteiger partial charge in [0.05, 0.1) is 5.69 Å². The van der Waals surface area contributed by atoms with Crippen molar-refractivity contribution in [2.24, 2.45) is 5.92 Å². The van der Waals surface area contributed by atoms with Crippen LogP contribution >= 0.6 is 11.6 Å². The number of anilines is 1. The van der Waals surface area contributed by atoms with Gasteiger partial charge in [-0.05, 0) is 43.9 Å². The van der Waals surface area contributed by atoms with Crippen LogP contribution in [0.3, 0.4) is 0 Å². The van der Waals surface area contributed by atoms with Crippen LogP contribution in [0.1, 0.15) is 32.6 Å². The highest BCUT2D eigenvalue weighted by Crippen LogP contribution is 2.30. The van der Waals surface area contributed by atoms with E-state index >= 15 is 0 Å². The largest absolute Gasteiger partial charge is 0.506 e. The zero-order valence-corrected chi connectivity index (χ0v) is 12.2. The Morgan fingerprint density at radius 3 is 2.80 bits per heavy atom. The zero-order valence-electron chi connectivity index (χ0n) is 11.4. The number of urea groups is 1. The van der Waals surface area contributed by atoms with Crippen molar-refractivity contribution in [2.45, 2.75) is 32.6 Å². The summed E-state index contributed by atoms with van der Waals surface area (Å²) in [5.74, 6) is 0.566. The number of hydrogen-bond donors (Lipinski definition) is 3. The highest BCUT2D eigenvalue weighted by atomic mass is 35.5. The summed E-state index contributed by atoms with van der Waals surface area (Å²) in [6, 6.07) is 4.12. The lowest BCUT2D eigenvalue weighted by Crippen LogP contribution is -2.24. The van der Waals surface area contributed by atoms with Crippen LogP contribution in [0.4, 0.5) is 10.5 Å². The Balaban J connectivity index is 1.92. The molecule has 0 spiro atoms. The van der Waals surface area contributed by atoms with Crippen LogP contribution in [-0.4, -0.2) is 11.1 Å². The van der Waals surface area contributed by atoms with E-state index in [1.54, 1.807) is 12.3 Å². The van der Waals surface area contributed by atoms with Crippen molar-refractivity contribution >= 4 is 23.3 Å². The molecule has 108 valence electrons. The van der Waals surface area contributed by atoms with Crippen LogP contribution in [0.5, 0.6) is 5.75 Å². The number of amides is 2. The number of carbonyl (C=O) groups is 1. The lowest BCUT2D eigenvalue weighted by atomic mass is 10.0. The standard InChI is InChI=1S/C15H19ClN2O2/c1-10(11-4-2-3-5-11)9-17-15(20)18-13-8-12(16)6-7-14(13)19/h6-9,11,19H,2-5H2,1H3,(H2,17,18,20)/b10-9+. The number of phenols is 1. The smallest absolute Gasteiger partial charge is 0.323 e. The highest BCUT2D eigenvalue weighted by molar-refractivity contribution is 6.31. The molecule has 1 saturated carbocycles. The third-order valence-corrected chi connectivity index (χ3v) is 3.87. The third-order valence-electron chi connectivity index (χ3n) is 3.64. The normalized spacial score (nSPS) is 16.2. The van der Waals surface area contributed by atoms with E-state index in [1.165, 1.54) is 43.4 Å². The van der Waals surface area contributed by atoms with Crippen LogP contribution in [0, 0.1) is 5.92 Å². The zero-order chi connectivity index (χ0) is 14.5. The van der Waals surface area contributed by atoms with E-state index in [2.05, 4.69) is 10.6 Å². The number of aromatic hydroxyl groups is 1. The molecule has 1 fully saturated rings. The van der Waals surface area contributed by atoms with Crippen molar-refractivity contribution in [3.05, 3.63) is 35.0 Å². The molecule has 0 saturated heterocycles. The summed E-state index contributed by atoms with van der Waals surface area (Å²) in [7, 11) is 0. The monoisotopic (exact) mass is 294 g/mol. The maximum Gasteiger partial charge on any atom is 0.323 e. The summed E-state index contributed by atoms with van der Waals surface area (Å²) in [6.45, 7) is 2.03. The second-order valence-corrected chi connectivity index (χ2v) is 5.57. The Morgan fingerprint density at radius 1 is 1.40 bits per heavy atom. The minimum atomic E-state index is -0.389. The molecule has 0 aromatic heterocycles. The fourth-order valence-electron chi connectivity index (χ4n) is 2.45. The van der Waals surface area contributed by atoms with E-state index in [0.717, 1.165) is 0 Å². The molecular weight excluding hydrogens is 276 g/mol. The first-order valence-corrected chi connectivity index (χ1v) is 7.17. The topological polar surface area (TPSA) is 61.4 Å². The molecular formula is C15H19ClN2O2. The minimum Gasteiger partial charge on any atom is -0.506 e. The first-order valence-electron chi connectivity index (χ1n) is 6.79. The minimum absolute atomic E-state index is 0.0129. The van der Waals surface area contributed by atoms with E-state index in [1.807, 2.05) is 6.92 Å². The average molecular weight is 295 g/mol. The van der Waals surface area contributed by atoms with E-state index in [0.29, 0.717) is 16.6 Å². The predicted molar refractivity (Wildman–Crippen MR) is 81.0 cm³/mol. The quantitative estimate of drug-likeness (QED) is 0.729. The molecule has 20 heavy (non-hydrogen) atoms. The molecule has 0 unspecified atom stereocenters. The van der Waals surface area contributed by atoms with Gasteiger partial charge in [-0.2, -0.15) is 0 Å². The van der Waals surface area contributed by atoms with Gasteiger partial charge in [0, 0.05) is 11.2 Å². The molecule has 5 heteroatoms. The summed E-state index contributed by atoms with van der Waals surface area (Å²) in [6.07, 6.45) is 6.66. The molecule has 4 nitrogen and oxygen atoms in total. The Hall–Kier alpha value is -1.68. The molecule has 0 aliphatic heterocycles. The van der Waals surface area contributed by atoms with Crippen molar-refractivity contribution in [3.8, 4) is 5.75 Å². The lowest BCUT2D eigenvalue weighted by Gasteiger charge is -2.11. The number of phenolic OH excluding ortho intramolecular Hbond substituents is 1. The molecule has 0 bridgehead atoms. The molecule has 0 radical (unpaired) electrons. The van der Waals surface area contributed by atoms with Crippen LogP contribution in [0.15, 0.2) is 30.0 Å². The summed E-state index contributed by atoms with van der Waals surface area (Å²) < 4.78 is 0. The number of nitrogens with one attached hydrogen (secondary N) is 2. The van der Waals surface area contributed by atoms with Gasteiger partial charge >= 0.3 is 6.03 Å². The van der Waals surface area contributed by atoms with Crippen LogP contribution in [-0.2, 0) is 0 Å². The number of carbonyl (C=O) groups excluding carboxylic acids is 1. The SMILES string of the molecule is C/C(=C\NC(=O)Nc1cc(Cl)ccc1O)C1CCCC1. The molecule has 3 N–H and O–H groups in total. The van der Waals surface area contributed by atoms with E-state index in [-0.39, 0.29) is 11.8 Å². The summed E-state index contributed by atoms with van der Waals surface area (Å²) in [4.78, 5) is 11.8. The fourth-order valence-corrected chi connectivity index (χ4v) is 2.62. The van der Waals surface area contributed by atoms with Crippen LogP contribution in [0.25, 0.3) is 0 Å². The van der Waals surface area contributed by atoms with E-state index < -0.39 is 0 Å². The van der Waals surface area contributed by atoms with Gasteiger partial charge in [-0.15, -0.1) is 0 Å². The number of halogens is 1. The second-order valence-electron chi connectivity index (χ2n) is 5.13. The number of allylic oxidation sites excluding steroid dienone is 1. The Morgan fingerprint density at radius 2 is 2.10 bits per heavy atom. The van der Waals surface area contributed by atoms with E-state index in [9.17, 15) is 9.90 Å². The number of hydrogen-bond acceptors (Lipinski definition) is 2. The van der Waals surface area contributed by atoms with Crippen molar-refractivity contribution in [3.63, 3.8) is 0 Å². The van der Waals surface area contributed by atoms with Crippen molar-refractivity contribution < 1.29 is 9.90 Å². The first-order chi connectivity index (χ1) is 9.56.